The number of fused-ring (bicyclic) bond motifs is 1. The Morgan fingerprint density at radius 1 is 1.11 bits per heavy atom. The van der Waals surface area contributed by atoms with Crippen LogP contribution >= 0.6 is 11.8 Å². The molecular formula is C18H21N3O5S. The number of thioether (sulfide) groups is 1. The summed E-state index contributed by atoms with van der Waals surface area (Å²) >= 11 is 1.40. The number of ether oxygens (including phenoxy) is 3. The van der Waals surface area contributed by atoms with Gasteiger partial charge in [0.25, 0.3) is 5.56 Å². The molecule has 2 aromatic rings. The number of aromatic amines is 1. The van der Waals surface area contributed by atoms with Crippen molar-refractivity contribution in [2.24, 2.45) is 0 Å². The maximum atomic E-state index is 12.8. The fourth-order valence-electron chi connectivity index (χ4n) is 3.15. The molecule has 0 fully saturated rings. The lowest BCUT2D eigenvalue weighted by molar-refractivity contribution is -0.116. The highest BCUT2D eigenvalue weighted by Gasteiger charge is 2.33. The molecule has 0 saturated heterocycles. The van der Waals surface area contributed by atoms with Gasteiger partial charge in [0, 0.05) is 24.0 Å². The highest BCUT2D eigenvalue weighted by Crippen LogP contribution is 2.43. The number of carbonyl (C=O) groups excluding carboxylic acids is 1. The lowest BCUT2D eigenvalue weighted by atomic mass is 9.86. The van der Waals surface area contributed by atoms with Gasteiger partial charge in [-0.3, -0.25) is 9.59 Å². The minimum absolute atomic E-state index is 0.101. The monoisotopic (exact) mass is 391 g/mol. The van der Waals surface area contributed by atoms with Gasteiger partial charge < -0.3 is 24.5 Å². The van der Waals surface area contributed by atoms with E-state index in [0.29, 0.717) is 33.5 Å². The molecule has 0 aliphatic carbocycles. The quantitative estimate of drug-likeness (QED) is 0.576. The minimum Gasteiger partial charge on any atom is -0.496 e. The van der Waals surface area contributed by atoms with Crippen molar-refractivity contribution in [2.45, 2.75) is 24.4 Å². The van der Waals surface area contributed by atoms with Gasteiger partial charge in [0.15, 0.2) is 16.7 Å². The van der Waals surface area contributed by atoms with Crippen LogP contribution in [0.1, 0.15) is 30.4 Å². The predicted octanol–water partition coefficient (Wildman–Crippen LogP) is 2.38. The van der Waals surface area contributed by atoms with Crippen LogP contribution in [0.15, 0.2) is 22.1 Å². The van der Waals surface area contributed by atoms with Crippen molar-refractivity contribution in [3.05, 3.63) is 33.6 Å². The van der Waals surface area contributed by atoms with E-state index in [4.69, 9.17) is 14.2 Å². The molecule has 1 aliphatic rings. The van der Waals surface area contributed by atoms with Crippen LogP contribution in [0.4, 0.5) is 5.82 Å². The number of carbonyl (C=O) groups is 1. The molecule has 27 heavy (non-hydrogen) atoms. The van der Waals surface area contributed by atoms with E-state index in [1.165, 1.54) is 33.1 Å². The van der Waals surface area contributed by atoms with Crippen molar-refractivity contribution in [3.63, 3.8) is 0 Å². The third kappa shape index (κ3) is 3.59. The number of H-pyrrole nitrogens is 1. The van der Waals surface area contributed by atoms with E-state index in [-0.39, 0.29) is 23.7 Å². The summed E-state index contributed by atoms with van der Waals surface area (Å²) in [5.41, 5.74) is 0.785. The molecule has 0 unspecified atom stereocenters. The summed E-state index contributed by atoms with van der Waals surface area (Å²) < 4.78 is 16.2. The fraction of sp³-hybridized carbons (Fsp3) is 0.389. The number of methoxy groups -OCH3 is 3. The second kappa shape index (κ2) is 7.91. The Hall–Kier alpha value is -2.68. The smallest absolute Gasteiger partial charge is 0.257 e. The molecule has 144 valence electrons. The predicted molar refractivity (Wildman–Crippen MR) is 102 cm³/mol. The molecular weight excluding hydrogens is 370 g/mol. The number of amides is 1. The highest BCUT2D eigenvalue weighted by atomic mass is 32.2. The molecule has 0 radical (unpaired) electrons. The van der Waals surface area contributed by atoms with E-state index in [1.807, 2.05) is 6.92 Å². The molecule has 1 amide bonds. The Morgan fingerprint density at radius 2 is 1.78 bits per heavy atom. The summed E-state index contributed by atoms with van der Waals surface area (Å²) in [6.45, 7) is 1.96. The molecule has 1 atom stereocenters. The van der Waals surface area contributed by atoms with E-state index < -0.39 is 5.92 Å². The van der Waals surface area contributed by atoms with Gasteiger partial charge in [0.2, 0.25) is 5.91 Å². The zero-order valence-corrected chi connectivity index (χ0v) is 16.4. The number of hydrogen-bond acceptors (Lipinski definition) is 7. The minimum atomic E-state index is -0.513. The van der Waals surface area contributed by atoms with Gasteiger partial charge in [0.1, 0.15) is 11.6 Å². The summed E-state index contributed by atoms with van der Waals surface area (Å²) in [5.74, 6) is 1.80. The van der Waals surface area contributed by atoms with Crippen LogP contribution in [0.25, 0.3) is 0 Å². The average Bonchev–Trinajstić information content (AvgIpc) is 2.66. The van der Waals surface area contributed by atoms with E-state index in [2.05, 4.69) is 15.3 Å². The van der Waals surface area contributed by atoms with Crippen molar-refractivity contribution >= 4 is 23.5 Å². The molecule has 2 heterocycles. The molecule has 1 aromatic heterocycles. The number of aromatic nitrogens is 2. The topological polar surface area (TPSA) is 103 Å². The number of benzene rings is 1. The van der Waals surface area contributed by atoms with Crippen LogP contribution in [0, 0.1) is 0 Å². The maximum Gasteiger partial charge on any atom is 0.257 e. The van der Waals surface area contributed by atoms with Gasteiger partial charge in [0.05, 0.1) is 26.9 Å². The van der Waals surface area contributed by atoms with Crippen LogP contribution in [0.5, 0.6) is 17.2 Å². The van der Waals surface area contributed by atoms with Gasteiger partial charge in [-0.2, -0.15) is 0 Å². The zero-order chi connectivity index (χ0) is 19.6. The van der Waals surface area contributed by atoms with Gasteiger partial charge in [-0.25, -0.2) is 4.98 Å². The molecule has 3 rings (SSSR count). The number of nitrogens with one attached hydrogen (secondary N) is 2. The van der Waals surface area contributed by atoms with Gasteiger partial charge in [-0.05, 0) is 11.8 Å². The van der Waals surface area contributed by atoms with Crippen molar-refractivity contribution in [3.8, 4) is 17.2 Å². The zero-order valence-electron chi connectivity index (χ0n) is 15.5. The molecule has 0 bridgehead atoms. The fourth-order valence-corrected chi connectivity index (χ4v) is 3.74. The molecule has 0 spiro atoms. The summed E-state index contributed by atoms with van der Waals surface area (Å²) in [6.07, 6.45) is 0.101. The van der Waals surface area contributed by atoms with Crippen LogP contribution in [-0.2, 0) is 4.79 Å². The molecule has 0 saturated carbocycles. The van der Waals surface area contributed by atoms with E-state index in [0.717, 1.165) is 5.75 Å². The molecule has 8 nitrogen and oxygen atoms in total. The number of rotatable bonds is 6. The molecule has 2 N–H and O–H groups in total. The average molecular weight is 391 g/mol. The summed E-state index contributed by atoms with van der Waals surface area (Å²) in [5, 5.41) is 3.18. The third-order valence-corrected chi connectivity index (χ3v) is 5.08. The largest absolute Gasteiger partial charge is 0.496 e. The Balaban J connectivity index is 2.19. The lowest BCUT2D eigenvalue weighted by Gasteiger charge is -2.26. The number of nitrogens with zero attached hydrogens (tertiary/aromatic N) is 1. The first kappa shape index (κ1) is 19.1. The Morgan fingerprint density at radius 3 is 2.41 bits per heavy atom. The molecule has 1 aliphatic heterocycles. The van der Waals surface area contributed by atoms with Crippen molar-refractivity contribution < 1.29 is 19.0 Å². The van der Waals surface area contributed by atoms with Gasteiger partial charge >= 0.3 is 0 Å². The third-order valence-electron chi connectivity index (χ3n) is 4.32. The second-order valence-corrected chi connectivity index (χ2v) is 7.07. The molecule has 9 heteroatoms. The van der Waals surface area contributed by atoms with E-state index >= 15 is 0 Å². The summed E-state index contributed by atoms with van der Waals surface area (Å²) in [4.78, 5) is 32.3. The van der Waals surface area contributed by atoms with Crippen LogP contribution in [-0.4, -0.2) is 43.0 Å². The first-order chi connectivity index (χ1) is 13.0. The van der Waals surface area contributed by atoms with E-state index in [1.54, 1.807) is 12.1 Å². The second-order valence-electron chi connectivity index (χ2n) is 5.82. The first-order valence-corrected chi connectivity index (χ1v) is 9.37. The molecule has 1 aromatic carbocycles. The SMILES string of the molecule is CCSc1nc2c(c(=O)[nH]1)[C@@H](c1cc(OC)c(OC)cc1OC)CC(=O)N2. The van der Waals surface area contributed by atoms with Crippen LogP contribution in [0.2, 0.25) is 0 Å². The Labute approximate surface area is 160 Å². The van der Waals surface area contributed by atoms with Crippen LogP contribution in [0.3, 0.4) is 0 Å². The Bertz CT molecular complexity index is 928. The first-order valence-electron chi connectivity index (χ1n) is 8.39. The normalized spacial score (nSPS) is 15.7. The van der Waals surface area contributed by atoms with Crippen molar-refractivity contribution in [1.82, 2.24) is 9.97 Å². The number of hydrogen-bond donors (Lipinski definition) is 2. The number of anilines is 1. The standard InChI is InChI=1S/C18H21N3O5S/c1-5-27-18-20-16-15(17(23)21-18)10(7-14(22)19-16)9-6-12(25-3)13(26-4)8-11(9)24-2/h6,8,10H,5,7H2,1-4H3,(H2,19,20,21,22,23)/t10-/m1/s1. The van der Waals surface area contributed by atoms with Gasteiger partial charge in [-0.15, -0.1) is 0 Å². The summed E-state index contributed by atoms with van der Waals surface area (Å²) in [6, 6.07) is 3.42. The van der Waals surface area contributed by atoms with Crippen molar-refractivity contribution in [2.75, 3.05) is 32.4 Å². The Kier molecular flexibility index (Phi) is 5.59. The van der Waals surface area contributed by atoms with Crippen LogP contribution < -0.4 is 25.1 Å². The maximum absolute atomic E-state index is 12.8. The summed E-state index contributed by atoms with van der Waals surface area (Å²) in [7, 11) is 4.58. The van der Waals surface area contributed by atoms with E-state index in [9.17, 15) is 9.59 Å². The van der Waals surface area contributed by atoms with Crippen molar-refractivity contribution in [1.29, 1.82) is 0 Å². The highest BCUT2D eigenvalue weighted by molar-refractivity contribution is 7.99. The van der Waals surface area contributed by atoms with Gasteiger partial charge in [-0.1, -0.05) is 18.7 Å². The lowest BCUT2D eigenvalue weighted by Crippen LogP contribution is -2.31.